The monoisotopic (exact) mass is 154 g/mol. The molecule has 0 radical (unpaired) electrons. The third kappa shape index (κ3) is 2.33. The number of hydrogen-bond donors (Lipinski definition) is 1. The van der Waals surface area contributed by atoms with Crippen molar-refractivity contribution < 1.29 is 5.11 Å². The van der Waals surface area contributed by atoms with Gasteiger partial charge in [-0.25, -0.2) is 0 Å². The van der Waals surface area contributed by atoms with Crippen LogP contribution in [-0.2, 0) is 0 Å². The van der Waals surface area contributed by atoms with E-state index >= 15 is 0 Å². The van der Waals surface area contributed by atoms with Crippen LogP contribution in [0.3, 0.4) is 0 Å². The first-order valence-electron chi connectivity index (χ1n) is 4.50. The van der Waals surface area contributed by atoms with Gasteiger partial charge in [0.25, 0.3) is 0 Å². The van der Waals surface area contributed by atoms with E-state index in [-0.39, 0.29) is 0 Å². The van der Waals surface area contributed by atoms with Crippen molar-refractivity contribution in [3.05, 3.63) is 11.6 Å². The standard InChI is InChI=1S/C10H18O/c1-8-3-5-10(6-4-8)9(2)7-11/h3,9-11H,4-7H2,1-2H3/t9?,10-/m1/s1. The molecule has 0 fully saturated rings. The lowest BCUT2D eigenvalue weighted by Gasteiger charge is -2.24. The normalized spacial score (nSPS) is 27.9. The topological polar surface area (TPSA) is 20.2 Å². The van der Waals surface area contributed by atoms with Gasteiger partial charge in [0.15, 0.2) is 0 Å². The second kappa shape index (κ2) is 3.91. The van der Waals surface area contributed by atoms with Gasteiger partial charge in [-0.1, -0.05) is 18.6 Å². The average molecular weight is 154 g/mol. The molecular formula is C10H18O. The minimum Gasteiger partial charge on any atom is -0.396 e. The molecule has 0 aliphatic heterocycles. The minimum absolute atomic E-state index is 0.345. The second-order valence-electron chi connectivity index (χ2n) is 3.74. The molecule has 11 heavy (non-hydrogen) atoms. The van der Waals surface area contributed by atoms with Crippen molar-refractivity contribution in [3.8, 4) is 0 Å². The summed E-state index contributed by atoms with van der Waals surface area (Å²) in [6.07, 6.45) is 5.99. The van der Waals surface area contributed by atoms with E-state index in [0.29, 0.717) is 12.5 Å². The van der Waals surface area contributed by atoms with E-state index in [4.69, 9.17) is 5.11 Å². The molecule has 1 heteroatoms. The van der Waals surface area contributed by atoms with Crippen LogP contribution in [0.15, 0.2) is 11.6 Å². The van der Waals surface area contributed by atoms with Crippen LogP contribution in [0.2, 0.25) is 0 Å². The van der Waals surface area contributed by atoms with Gasteiger partial charge in [-0.2, -0.15) is 0 Å². The van der Waals surface area contributed by atoms with Gasteiger partial charge in [-0.15, -0.1) is 0 Å². The molecule has 64 valence electrons. The van der Waals surface area contributed by atoms with Gasteiger partial charge in [0, 0.05) is 6.61 Å². The van der Waals surface area contributed by atoms with Gasteiger partial charge < -0.3 is 5.11 Å². The maximum Gasteiger partial charge on any atom is 0.0459 e. The summed E-state index contributed by atoms with van der Waals surface area (Å²) < 4.78 is 0. The predicted molar refractivity (Wildman–Crippen MR) is 47.3 cm³/mol. The number of hydrogen-bond acceptors (Lipinski definition) is 1. The molecule has 0 spiro atoms. The summed E-state index contributed by atoms with van der Waals surface area (Å²) in [5, 5.41) is 8.93. The number of aliphatic hydroxyl groups is 1. The van der Waals surface area contributed by atoms with Crippen molar-refractivity contribution in [1.29, 1.82) is 0 Å². The van der Waals surface area contributed by atoms with E-state index < -0.39 is 0 Å². The molecule has 0 bridgehead atoms. The molecule has 0 heterocycles. The molecule has 1 nitrogen and oxygen atoms in total. The molecule has 0 aromatic carbocycles. The van der Waals surface area contributed by atoms with E-state index in [9.17, 15) is 0 Å². The Bertz CT molecular complexity index is 149. The fraction of sp³-hybridized carbons (Fsp3) is 0.800. The Kier molecular flexibility index (Phi) is 3.13. The van der Waals surface area contributed by atoms with E-state index in [1.165, 1.54) is 24.8 Å². The van der Waals surface area contributed by atoms with Crippen molar-refractivity contribution in [3.63, 3.8) is 0 Å². The molecule has 1 aliphatic carbocycles. The molecule has 2 atom stereocenters. The fourth-order valence-electron chi connectivity index (χ4n) is 1.65. The first-order chi connectivity index (χ1) is 5.24. The van der Waals surface area contributed by atoms with E-state index in [0.717, 1.165) is 5.92 Å². The van der Waals surface area contributed by atoms with Crippen molar-refractivity contribution in [2.24, 2.45) is 11.8 Å². The Labute approximate surface area is 69.1 Å². The molecule has 0 saturated carbocycles. The SMILES string of the molecule is CC1=CC[C@@H](C(C)CO)CC1. The Morgan fingerprint density at radius 2 is 2.45 bits per heavy atom. The Balaban J connectivity index is 2.40. The third-order valence-electron chi connectivity index (χ3n) is 2.77. The molecule has 0 saturated heterocycles. The zero-order valence-corrected chi connectivity index (χ0v) is 7.51. The minimum atomic E-state index is 0.345. The zero-order chi connectivity index (χ0) is 8.27. The molecule has 0 aromatic rings. The third-order valence-corrected chi connectivity index (χ3v) is 2.77. The quantitative estimate of drug-likeness (QED) is 0.605. The van der Waals surface area contributed by atoms with Gasteiger partial charge in [0.1, 0.15) is 0 Å². The summed E-state index contributed by atoms with van der Waals surface area (Å²) in [7, 11) is 0. The van der Waals surface area contributed by atoms with Crippen LogP contribution < -0.4 is 0 Å². The first kappa shape index (κ1) is 8.79. The van der Waals surface area contributed by atoms with Crippen LogP contribution in [0, 0.1) is 11.8 Å². The van der Waals surface area contributed by atoms with Crippen molar-refractivity contribution in [2.45, 2.75) is 33.1 Å². The lowest BCUT2D eigenvalue weighted by molar-refractivity contribution is 0.180. The molecular weight excluding hydrogens is 136 g/mol. The number of allylic oxidation sites excluding steroid dienone is 2. The Morgan fingerprint density at radius 3 is 2.91 bits per heavy atom. The van der Waals surface area contributed by atoms with Gasteiger partial charge >= 0.3 is 0 Å². The fourth-order valence-corrected chi connectivity index (χ4v) is 1.65. The van der Waals surface area contributed by atoms with Gasteiger partial charge in [0.05, 0.1) is 0 Å². The summed E-state index contributed by atoms with van der Waals surface area (Å²) in [5.74, 6) is 1.21. The number of aliphatic hydroxyl groups excluding tert-OH is 1. The summed E-state index contributed by atoms with van der Waals surface area (Å²) in [4.78, 5) is 0. The van der Waals surface area contributed by atoms with Crippen LogP contribution >= 0.6 is 0 Å². The van der Waals surface area contributed by atoms with Crippen molar-refractivity contribution in [2.75, 3.05) is 6.61 Å². The molecule has 1 aliphatic rings. The highest BCUT2D eigenvalue weighted by molar-refractivity contribution is 5.03. The van der Waals surface area contributed by atoms with Gasteiger partial charge in [-0.3, -0.25) is 0 Å². The second-order valence-corrected chi connectivity index (χ2v) is 3.74. The van der Waals surface area contributed by atoms with E-state index in [2.05, 4.69) is 19.9 Å². The molecule has 1 unspecified atom stereocenters. The van der Waals surface area contributed by atoms with Gasteiger partial charge in [-0.05, 0) is 38.0 Å². The molecule has 0 aromatic heterocycles. The smallest absolute Gasteiger partial charge is 0.0459 e. The van der Waals surface area contributed by atoms with Gasteiger partial charge in [0.2, 0.25) is 0 Å². The predicted octanol–water partition coefficient (Wildman–Crippen LogP) is 2.36. The van der Waals surface area contributed by atoms with Crippen molar-refractivity contribution in [1.82, 2.24) is 0 Å². The first-order valence-corrected chi connectivity index (χ1v) is 4.50. The largest absolute Gasteiger partial charge is 0.396 e. The highest BCUT2D eigenvalue weighted by atomic mass is 16.3. The molecule has 1 rings (SSSR count). The summed E-state index contributed by atoms with van der Waals surface area (Å²) >= 11 is 0. The maximum atomic E-state index is 8.93. The van der Waals surface area contributed by atoms with Crippen LogP contribution in [0.5, 0.6) is 0 Å². The summed E-state index contributed by atoms with van der Waals surface area (Å²) in [6, 6.07) is 0. The zero-order valence-electron chi connectivity index (χ0n) is 7.51. The van der Waals surface area contributed by atoms with E-state index in [1.54, 1.807) is 0 Å². The van der Waals surface area contributed by atoms with Crippen LogP contribution in [0.25, 0.3) is 0 Å². The lowest BCUT2D eigenvalue weighted by atomic mass is 9.82. The Morgan fingerprint density at radius 1 is 1.73 bits per heavy atom. The summed E-state index contributed by atoms with van der Waals surface area (Å²) in [6.45, 7) is 4.68. The average Bonchev–Trinajstić information content (AvgIpc) is 2.05. The highest BCUT2D eigenvalue weighted by Crippen LogP contribution is 2.28. The molecule has 0 amide bonds. The van der Waals surface area contributed by atoms with Crippen LogP contribution in [-0.4, -0.2) is 11.7 Å². The highest BCUT2D eigenvalue weighted by Gasteiger charge is 2.17. The van der Waals surface area contributed by atoms with Crippen LogP contribution in [0.4, 0.5) is 0 Å². The molecule has 1 N–H and O–H groups in total. The summed E-state index contributed by atoms with van der Waals surface area (Å²) in [5.41, 5.74) is 1.52. The Hall–Kier alpha value is -0.300. The lowest BCUT2D eigenvalue weighted by Crippen LogP contribution is -2.17. The number of rotatable bonds is 2. The maximum absolute atomic E-state index is 8.93. The van der Waals surface area contributed by atoms with Crippen LogP contribution in [0.1, 0.15) is 33.1 Å². The van der Waals surface area contributed by atoms with E-state index in [1.807, 2.05) is 0 Å². The van der Waals surface area contributed by atoms with Crippen molar-refractivity contribution >= 4 is 0 Å².